The lowest BCUT2D eigenvalue weighted by atomic mass is 10.0. The molecule has 0 bridgehead atoms. The fraction of sp³-hybridized carbons (Fsp3) is 0.417. The van der Waals surface area contributed by atoms with Gasteiger partial charge < -0.3 is 20.5 Å². The van der Waals surface area contributed by atoms with Gasteiger partial charge in [-0.3, -0.25) is 0 Å². The smallest absolute Gasteiger partial charge is 0.319 e. The summed E-state index contributed by atoms with van der Waals surface area (Å²) in [4.78, 5) is 11.5. The van der Waals surface area contributed by atoms with Crippen molar-refractivity contribution in [3.8, 4) is 0 Å². The minimum absolute atomic E-state index is 0.0181. The largest absolute Gasteiger partial charge is 0.386 e. The molecule has 1 atom stereocenters. The third-order valence-corrected chi connectivity index (χ3v) is 2.86. The Labute approximate surface area is 108 Å². The molecule has 5 nitrogen and oxygen atoms in total. The Morgan fingerprint density at radius 3 is 2.95 bits per heavy atom. The average Bonchev–Trinajstić information content (AvgIpc) is 2.80. The van der Waals surface area contributed by atoms with Crippen molar-refractivity contribution in [3.63, 3.8) is 0 Å². The van der Waals surface area contributed by atoms with Crippen molar-refractivity contribution in [2.75, 3.05) is 25.1 Å². The lowest BCUT2D eigenvalue weighted by molar-refractivity contribution is 0.0295. The van der Waals surface area contributed by atoms with Crippen LogP contribution in [-0.2, 0) is 4.74 Å². The Morgan fingerprint density at radius 1 is 1.47 bits per heavy atom. The molecule has 1 aliphatic rings. The van der Waals surface area contributed by atoms with Gasteiger partial charge in [-0.05, 0) is 12.1 Å². The van der Waals surface area contributed by atoms with Gasteiger partial charge in [0.15, 0.2) is 11.6 Å². The molecular formula is C12H14F2N2O3. The normalized spacial score (nSPS) is 22.3. The van der Waals surface area contributed by atoms with Crippen LogP contribution in [0.5, 0.6) is 0 Å². The second-order valence-electron chi connectivity index (χ2n) is 4.44. The summed E-state index contributed by atoms with van der Waals surface area (Å²) in [6.07, 6.45) is 0.418. The van der Waals surface area contributed by atoms with Crippen molar-refractivity contribution < 1.29 is 23.4 Å². The van der Waals surface area contributed by atoms with Crippen molar-refractivity contribution in [2.45, 2.75) is 12.0 Å². The first kappa shape index (κ1) is 13.7. The van der Waals surface area contributed by atoms with Crippen LogP contribution in [0, 0.1) is 11.6 Å². The maximum atomic E-state index is 13.3. The number of urea groups is 1. The summed E-state index contributed by atoms with van der Waals surface area (Å²) in [5.41, 5.74) is -1.36. The fourth-order valence-corrected chi connectivity index (χ4v) is 1.75. The molecule has 0 aliphatic carbocycles. The van der Waals surface area contributed by atoms with Crippen LogP contribution >= 0.6 is 0 Å². The number of hydrogen-bond acceptors (Lipinski definition) is 3. The van der Waals surface area contributed by atoms with Crippen LogP contribution in [0.1, 0.15) is 6.42 Å². The average molecular weight is 272 g/mol. The Balaban J connectivity index is 1.89. The molecule has 1 aromatic rings. The maximum absolute atomic E-state index is 13.3. The van der Waals surface area contributed by atoms with Crippen LogP contribution in [0.15, 0.2) is 18.2 Å². The third-order valence-electron chi connectivity index (χ3n) is 2.86. The Kier molecular flexibility index (Phi) is 3.96. The van der Waals surface area contributed by atoms with Crippen LogP contribution in [0.4, 0.5) is 19.3 Å². The van der Waals surface area contributed by atoms with Crippen molar-refractivity contribution >= 4 is 11.7 Å². The van der Waals surface area contributed by atoms with Gasteiger partial charge in [0.25, 0.3) is 0 Å². The SMILES string of the molecule is O=C(NC[C@@]1(O)CCOC1)Nc1cccc(F)c1F. The third kappa shape index (κ3) is 3.39. The van der Waals surface area contributed by atoms with E-state index in [0.717, 1.165) is 6.07 Å². The molecule has 2 rings (SSSR count). The maximum Gasteiger partial charge on any atom is 0.319 e. The van der Waals surface area contributed by atoms with E-state index < -0.39 is 23.3 Å². The zero-order valence-corrected chi connectivity index (χ0v) is 10.1. The van der Waals surface area contributed by atoms with E-state index in [9.17, 15) is 18.7 Å². The number of benzene rings is 1. The van der Waals surface area contributed by atoms with Crippen LogP contribution in [0.25, 0.3) is 0 Å². The zero-order chi connectivity index (χ0) is 13.9. The van der Waals surface area contributed by atoms with Crippen LogP contribution in [-0.4, -0.2) is 36.5 Å². The molecule has 0 radical (unpaired) electrons. The van der Waals surface area contributed by atoms with Gasteiger partial charge >= 0.3 is 6.03 Å². The van der Waals surface area contributed by atoms with E-state index in [0.29, 0.717) is 13.0 Å². The summed E-state index contributed by atoms with van der Waals surface area (Å²) < 4.78 is 31.2. The summed E-state index contributed by atoms with van der Waals surface area (Å²) in [6, 6.07) is 2.76. The van der Waals surface area contributed by atoms with Crippen molar-refractivity contribution in [2.24, 2.45) is 0 Å². The molecule has 2 amide bonds. The Morgan fingerprint density at radius 2 is 2.26 bits per heavy atom. The molecule has 0 spiro atoms. The summed E-state index contributed by atoms with van der Waals surface area (Å²) in [5.74, 6) is -2.17. The summed E-state index contributed by atoms with van der Waals surface area (Å²) in [7, 11) is 0. The Bertz CT molecular complexity index is 476. The summed E-state index contributed by atoms with van der Waals surface area (Å²) >= 11 is 0. The van der Waals surface area contributed by atoms with Gasteiger partial charge in [0.2, 0.25) is 0 Å². The van der Waals surface area contributed by atoms with Gasteiger partial charge in [-0.15, -0.1) is 0 Å². The highest BCUT2D eigenvalue weighted by atomic mass is 19.2. The first-order valence-corrected chi connectivity index (χ1v) is 5.79. The number of aliphatic hydroxyl groups is 1. The molecule has 0 aromatic heterocycles. The quantitative estimate of drug-likeness (QED) is 0.775. The summed E-state index contributed by atoms with van der Waals surface area (Å²) in [6.45, 7) is 0.551. The molecule has 1 fully saturated rings. The number of ether oxygens (including phenoxy) is 1. The number of amides is 2. The molecule has 104 valence electrons. The number of nitrogens with one attached hydrogen (secondary N) is 2. The molecule has 1 saturated heterocycles. The fourth-order valence-electron chi connectivity index (χ4n) is 1.75. The van der Waals surface area contributed by atoms with Gasteiger partial charge in [0, 0.05) is 13.0 Å². The highest BCUT2D eigenvalue weighted by Crippen LogP contribution is 2.18. The van der Waals surface area contributed by atoms with Crippen LogP contribution in [0.3, 0.4) is 0 Å². The van der Waals surface area contributed by atoms with Crippen molar-refractivity contribution in [3.05, 3.63) is 29.8 Å². The van der Waals surface area contributed by atoms with Crippen LogP contribution < -0.4 is 10.6 Å². The molecule has 3 N–H and O–H groups in total. The van der Waals surface area contributed by atoms with E-state index >= 15 is 0 Å². The molecular weight excluding hydrogens is 258 g/mol. The molecule has 19 heavy (non-hydrogen) atoms. The van der Waals surface area contributed by atoms with Crippen molar-refractivity contribution in [1.82, 2.24) is 5.32 Å². The number of anilines is 1. The van der Waals surface area contributed by atoms with E-state index in [1.165, 1.54) is 12.1 Å². The second-order valence-corrected chi connectivity index (χ2v) is 4.44. The predicted molar refractivity (Wildman–Crippen MR) is 63.8 cm³/mol. The van der Waals surface area contributed by atoms with Gasteiger partial charge in [-0.1, -0.05) is 6.07 Å². The van der Waals surface area contributed by atoms with E-state index in [2.05, 4.69) is 10.6 Å². The molecule has 0 saturated carbocycles. The zero-order valence-electron chi connectivity index (χ0n) is 10.1. The van der Waals surface area contributed by atoms with Gasteiger partial charge in [-0.2, -0.15) is 0 Å². The minimum atomic E-state index is -1.12. The number of hydrogen-bond donors (Lipinski definition) is 3. The molecule has 1 heterocycles. The standard InChI is InChI=1S/C12H14F2N2O3/c13-8-2-1-3-9(10(8)14)16-11(17)15-6-12(18)4-5-19-7-12/h1-3,18H,4-7H2,(H2,15,16,17)/t12-/m0/s1. The topological polar surface area (TPSA) is 70.6 Å². The monoisotopic (exact) mass is 272 g/mol. The van der Waals surface area contributed by atoms with Crippen LogP contribution in [0.2, 0.25) is 0 Å². The van der Waals surface area contributed by atoms with E-state index in [1.54, 1.807) is 0 Å². The second kappa shape index (κ2) is 5.50. The first-order valence-electron chi connectivity index (χ1n) is 5.79. The van der Waals surface area contributed by atoms with E-state index in [1.807, 2.05) is 0 Å². The van der Waals surface area contributed by atoms with E-state index in [-0.39, 0.29) is 18.8 Å². The first-order chi connectivity index (χ1) is 9.00. The number of carbonyl (C=O) groups excluding carboxylic acids is 1. The predicted octanol–water partition coefficient (Wildman–Crippen LogP) is 1.24. The summed E-state index contributed by atoms with van der Waals surface area (Å²) in [5, 5.41) is 14.5. The highest BCUT2D eigenvalue weighted by molar-refractivity contribution is 5.89. The van der Waals surface area contributed by atoms with E-state index in [4.69, 9.17) is 4.74 Å². The van der Waals surface area contributed by atoms with Gasteiger partial charge in [-0.25, -0.2) is 13.6 Å². The van der Waals surface area contributed by atoms with Gasteiger partial charge in [0.1, 0.15) is 5.60 Å². The number of halogens is 2. The molecule has 7 heteroatoms. The number of rotatable bonds is 3. The molecule has 0 unspecified atom stereocenters. The minimum Gasteiger partial charge on any atom is -0.386 e. The Hall–Kier alpha value is -1.73. The lowest BCUT2D eigenvalue weighted by Crippen LogP contribution is -2.44. The highest BCUT2D eigenvalue weighted by Gasteiger charge is 2.32. The van der Waals surface area contributed by atoms with Gasteiger partial charge in [0.05, 0.1) is 18.8 Å². The number of carbonyl (C=O) groups is 1. The van der Waals surface area contributed by atoms with Crippen molar-refractivity contribution in [1.29, 1.82) is 0 Å². The lowest BCUT2D eigenvalue weighted by Gasteiger charge is -2.20. The molecule has 1 aromatic carbocycles. The molecule has 1 aliphatic heterocycles.